The van der Waals surface area contributed by atoms with Crippen LogP contribution in [-0.2, 0) is 16.6 Å². The van der Waals surface area contributed by atoms with E-state index in [4.69, 9.17) is 0 Å². The molecule has 0 atom stereocenters. The van der Waals surface area contributed by atoms with Gasteiger partial charge in [0.05, 0.1) is 9.82 Å². The molecular formula is C33H53N3O4S. The number of nitro groups is 1. The number of sulfonamides is 1. The summed E-state index contributed by atoms with van der Waals surface area (Å²) < 4.78 is 27.5. The van der Waals surface area contributed by atoms with Gasteiger partial charge in [-0.25, -0.2) is 12.7 Å². The van der Waals surface area contributed by atoms with E-state index < -0.39 is 14.9 Å². The lowest BCUT2D eigenvalue weighted by Gasteiger charge is -2.18. The van der Waals surface area contributed by atoms with E-state index in [1.165, 1.54) is 106 Å². The lowest BCUT2D eigenvalue weighted by atomic mass is 10.0. The molecule has 2 aromatic rings. The molecule has 1 N–H and O–H groups in total. The summed E-state index contributed by atoms with van der Waals surface area (Å²) in [6, 6.07) is 11.9. The number of hydrogen-bond acceptors (Lipinski definition) is 5. The maximum atomic E-state index is 13.1. The largest absolute Gasteiger partial charge is 0.375 e. The van der Waals surface area contributed by atoms with Crippen LogP contribution < -0.4 is 5.32 Å². The van der Waals surface area contributed by atoms with Crippen LogP contribution in [0.4, 0.5) is 11.4 Å². The van der Waals surface area contributed by atoms with Gasteiger partial charge in [-0.15, -0.1) is 0 Å². The van der Waals surface area contributed by atoms with Gasteiger partial charge >= 0.3 is 0 Å². The number of aryl methyl sites for hydroxylation is 1. The minimum Gasteiger partial charge on any atom is -0.375 e. The summed E-state index contributed by atoms with van der Waals surface area (Å²) in [6.45, 7) is 5.06. The molecule has 0 radical (unpaired) electrons. The van der Waals surface area contributed by atoms with Crippen molar-refractivity contribution in [1.82, 2.24) is 4.31 Å². The van der Waals surface area contributed by atoms with E-state index in [1.54, 1.807) is 7.05 Å². The van der Waals surface area contributed by atoms with Gasteiger partial charge in [0, 0.05) is 26.2 Å². The molecule has 0 unspecified atom stereocenters. The molecule has 0 bridgehead atoms. The molecule has 0 saturated carbocycles. The third-order valence-corrected chi connectivity index (χ3v) is 9.78. The molecule has 0 saturated heterocycles. The normalized spacial score (nSPS) is 11.7. The van der Waals surface area contributed by atoms with E-state index in [0.29, 0.717) is 18.8 Å². The van der Waals surface area contributed by atoms with E-state index in [2.05, 4.69) is 12.2 Å². The van der Waals surface area contributed by atoms with E-state index in [1.807, 2.05) is 31.2 Å². The summed E-state index contributed by atoms with van der Waals surface area (Å²) in [6.07, 6.45) is 20.3. The minimum absolute atomic E-state index is 0.0513. The molecule has 0 aliphatic carbocycles. The molecule has 0 aliphatic rings. The van der Waals surface area contributed by atoms with Gasteiger partial charge in [-0.2, -0.15) is 0 Å². The Hall–Kier alpha value is -2.45. The van der Waals surface area contributed by atoms with Crippen LogP contribution in [0.2, 0.25) is 0 Å². The Balaban J connectivity index is 1.66. The van der Waals surface area contributed by atoms with Crippen molar-refractivity contribution in [2.45, 2.75) is 128 Å². The zero-order valence-electron chi connectivity index (χ0n) is 25.7. The molecule has 0 amide bonds. The van der Waals surface area contributed by atoms with Crippen LogP contribution in [0.15, 0.2) is 47.4 Å². The van der Waals surface area contributed by atoms with Crippen molar-refractivity contribution in [2.24, 2.45) is 0 Å². The zero-order valence-corrected chi connectivity index (χ0v) is 26.5. The molecule has 41 heavy (non-hydrogen) atoms. The van der Waals surface area contributed by atoms with Crippen LogP contribution >= 0.6 is 0 Å². The molecule has 8 heteroatoms. The number of anilines is 1. The first-order valence-electron chi connectivity index (χ1n) is 15.8. The highest BCUT2D eigenvalue weighted by Gasteiger charge is 2.25. The summed E-state index contributed by atoms with van der Waals surface area (Å²) in [5, 5.41) is 14.8. The highest BCUT2D eigenvalue weighted by Crippen LogP contribution is 2.29. The van der Waals surface area contributed by atoms with Crippen molar-refractivity contribution in [3.05, 3.63) is 63.7 Å². The summed E-state index contributed by atoms with van der Waals surface area (Å²) in [7, 11) is -2.25. The average molecular weight is 588 g/mol. The van der Waals surface area contributed by atoms with Gasteiger partial charge in [0.1, 0.15) is 5.69 Å². The van der Waals surface area contributed by atoms with Crippen LogP contribution in [-0.4, -0.2) is 31.2 Å². The minimum atomic E-state index is -3.81. The second-order valence-corrected chi connectivity index (χ2v) is 13.4. The van der Waals surface area contributed by atoms with E-state index in [0.717, 1.165) is 30.4 Å². The second kappa shape index (κ2) is 19.6. The number of nitro benzene ring substituents is 1. The van der Waals surface area contributed by atoms with Gasteiger partial charge in [-0.05, 0) is 36.6 Å². The third kappa shape index (κ3) is 12.9. The van der Waals surface area contributed by atoms with Gasteiger partial charge in [0.25, 0.3) is 5.69 Å². The number of hydrogen-bond donors (Lipinski definition) is 1. The smallest absolute Gasteiger partial charge is 0.293 e. The summed E-state index contributed by atoms with van der Waals surface area (Å²) >= 11 is 0. The fourth-order valence-electron chi connectivity index (χ4n) is 5.15. The fraction of sp³-hybridized carbons (Fsp3) is 0.636. The first-order valence-corrected chi connectivity index (χ1v) is 17.2. The molecule has 0 aliphatic heterocycles. The third-order valence-electron chi connectivity index (χ3n) is 7.93. The molecule has 7 nitrogen and oxygen atoms in total. The van der Waals surface area contributed by atoms with Crippen molar-refractivity contribution in [1.29, 1.82) is 0 Å². The molecule has 230 valence electrons. The summed E-state index contributed by atoms with van der Waals surface area (Å²) in [5.41, 5.74) is 2.17. The molecule has 0 aromatic heterocycles. The predicted octanol–water partition coefficient (Wildman–Crippen LogP) is 9.40. The average Bonchev–Trinajstić information content (AvgIpc) is 2.96. The monoisotopic (exact) mass is 587 g/mol. The van der Waals surface area contributed by atoms with Gasteiger partial charge in [0.15, 0.2) is 0 Å². The van der Waals surface area contributed by atoms with Crippen molar-refractivity contribution in [2.75, 3.05) is 18.9 Å². The van der Waals surface area contributed by atoms with Gasteiger partial charge in [0.2, 0.25) is 10.0 Å². The lowest BCUT2D eigenvalue weighted by Crippen LogP contribution is -2.28. The Morgan fingerprint density at radius 1 is 0.780 bits per heavy atom. The maximum absolute atomic E-state index is 13.1. The van der Waals surface area contributed by atoms with Crippen molar-refractivity contribution in [3.63, 3.8) is 0 Å². The van der Waals surface area contributed by atoms with Crippen LogP contribution in [0, 0.1) is 17.0 Å². The molecule has 0 spiro atoms. The van der Waals surface area contributed by atoms with Crippen molar-refractivity contribution >= 4 is 21.4 Å². The Morgan fingerprint density at radius 2 is 1.29 bits per heavy atom. The number of nitrogens with zero attached hydrogens (tertiary/aromatic N) is 2. The van der Waals surface area contributed by atoms with Crippen molar-refractivity contribution < 1.29 is 13.3 Å². The molecule has 2 aromatic carbocycles. The van der Waals surface area contributed by atoms with Gasteiger partial charge < -0.3 is 5.32 Å². The molecule has 0 fully saturated rings. The SMILES string of the molecule is CCCCCCCCCCCCCCCCCCN(C)S(=O)(=O)c1ccc(NCc2ccccc2C)c([N+](=O)[O-])c1. The van der Waals surface area contributed by atoms with Gasteiger partial charge in [-0.3, -0.25) is 10.1 Å². The number of unbranched alkanes of at least 4 members (excludes halogenated alkanes) is 15. The standard InChI is InChI=1S/C33H53N3O4S/c1-4-5-6-7-8-9-10-11-12-13-14-15-16-17-18-21-26-35(3)41(39,40)31-24-25-32(33(27-31)36(37)38)34-28-30-23-20-19-22-29(30)2/h19-20,22-25,27,34H,4-18,21,26,28H2,1-3H3. The molecule has 2 rings (SSSR count). The number of nitrogens with one attached hydrogen (secondary N) is 1. The van der Waals surface area contributed by atoms with Crippen molar-refractivity contribution in [3.8, 4) is 0 Å². The molecular weight excluding hydrogens is 534 g/mol. The highest BCUT2D eigenvalue weighted by atomic mass is 32.2. The van der Waals surface area contributed by atoms with Crippen LogP contribution in [0.25, 0.3) is 0 Å². The first-order chi connectivity index (χ1) is 19.8. The van der Waals surface area contributed by atoms with Gasteiger partial charge in [-0.1, -0.05) is 128 Å². The quantitative estimate of drug-likeness (QED) is 0.0794. The Kier molecular flexibility index (Phi) is 16.6. The summed E-state index contributed by atoms with van der Waals surface area (Å²) in [5.74, 6) is 0. The number of rotatable bonds is 23. The highest BCUT2D eigenvalue weighted by molar-refractivity contribution is 7.89. The summed E-state index contributed by atoms with van der Waals surface area (Å²) in [4.78, 5) is 11.2. The number of benzene rings is 2. The van der Waals surface area contributed by atoms with E-state index in [-0.39, 0.29) is 10.6 Å². The zero-order chi connectivity index (χ0) is 29.9. The topological polar surface area (TPSA) is 92.6 Å². The van der Waals surface area contributed by atoms with E-state index in [9.17, 15) is 18.5 Å². The Bertz CT molecular complexity index is 1140. The first kappa shape index (κ1) is 34.7. The fourth-order valence-corrected chi connectivity index (χ4v) is 6.38. The van der Waals surface area contributed by atoms with Crippen LogP contribution in [0.1, 0.15) is 121 Å². The second-order valence-electron chi connectivity index (χ2n) is 11.3. The Morgan fingerprint density at radius 3 is 1.80 bits per heavy atom. The lowest BCUT2D eigenvalue weighted by molar-refractivity contribution is -0.384. The van der Waals surface area contributed by atoms with E-state index >= 15 is 0 Å². The molecule has 0 heterocycles. The van der Waals surface area contributed by atoms with Crippen LogP contribution in [0.5, 0.6) is 0 Å². The Labute approximate surface area is 249 Å². The van der Waals surface area contributed by atoms with Crippen LogP contribution in [0.3, 0.4) is 0 Å². The maximum Gasteiger partial charge on any atom is 0.293 e. The predicted molar refractivity (Wildman–Crippen MR) is 171 cm³/mol.